The van der Waals surface area contributed by atoms with Gasteiger partial charge in [0.05, 0.1) is 18.4 Å². The van der Waals surface area contributed by atoms with Gasteiger partial charge in [0.2, 0.25) is 0 Å². The van der Waals surface area contributed by atoms with Gasteiger partial charge in [0.15, 0.2) is 0 Å². The first-order valence-corrected chi connectivity index (χ1v) is 12.4. The summed E-state index contributed by atoms with van der Waals surface area (Å²) in [5, 5.41) is 3.08. The number of anilines is 2. The second kappa shape index (κ2) is 9.43. The molecule has 2 aromatic carbocycles. The van der Waals surface area contributed by atoms with Crippen LogP contribution in [-0.4, -0.2) is 41.4 Å². The zero-order valence-electron chi connectivity index (χ0n) is 18.4. The van der Waals surface area contributed by atoms with Gasteiger partial charge < -0.3 is 14.6 Å². The Labute approximate surface area is 193 Å². The highest BCUT2D eigenvalue weighted by molar-refractivity contribution is 7.99. The Bertz CT molecular complexity index is 1090. The van der Waals surface area contributed by atoms with E-state index in [1.165, 1.54) is 28.3 Å². The monoisotopic (exact) mass is 447 g/mol. The fourth-order valence-electron chi connectivity index (χ4n) is 4.65. The Balaban J connectivity index is 1.27. The minimum atomic E-state index is -0.125. The molecule has 0 saturated carbocycles. The van der Waals surface area contributed by atoms with E-state index < -0.39 is 0 Å². The highest BCUT2D eigenvalue weighted by atomic mass is 32.2. The molecule has 6 heteroatoms. The van der Waals surface area contributed by atoms with Gasteiger partial charge in [-0.25, -0.2) is 0 Å². The van der Waals surface area contributed by atoms with Gasteiger partial charge in [-0.2, -0.15) is 11.8 Å². The number of para-hydroxylation sites is 1. The van der Waals surface area contributed by atoms with Crippen molar-refractivity contribution in [1.82, 2.24) is 4.90 Å². The molecule has 3 heterocycles. The lowest BCUT2D eigenvalue weighted by atomic mass is 10.1. The summed E-state index contributed by atoms with van der Waals surface area (Å²) < 4.78 is 5.76. The minimum absolute atomic E-state index is 0.125. The van der Waals surface area contributed by atoms with Crippen LogP contribution in [0.25, 0.3) is 0 Å². The molecule has 1 atom stereocenters. The van der Waals surface area contributed by atoms with E-state index in [-0.39, 0.29) is 5.91 Å². The summed E-state index contributed by atoms with van der Waals surface area (Å²) in [7, 11) is 0. The molecular weight excluding hydrogens is 418 g/mol. The lowest BCUT2D eigenvalue weighted by Gasteiger charge is -2.26. The molecule has 1 amide bonds. The van der Waals surface area contributed by atoms with Crippen LogP contribution in [0.3, 0.4) is 0 Å². The number of amides is 1. The molecule has 166 valence electrons. The predicted octanol–water partition coefficient (Wildman–Crippen LogP) is 5.03. The van der Waals surface area contributed by atoms with Crippen LogP contribution < -0.4 is 10.2 Å². The molecule has 0 radical (unpaired) electrons. The van der Waals surface area contributed by atoms with Gasteiger partial charge in [0, 0.05) is 48.6 Å². The van der Waals surface area contributed by atoms with E-state index in [9.17, 15) is 4.79 Å². The average molecular weight is 448 g/mol. The van der Waals surface area contributed by atoms with Crippen molar-refractivity contribution >= 4 is 29.0 Å². The molecule has 5 rings (SSSR count). The fraction of sp³-hybridized carbons (Fsp3) is 0.346. The highest BCUT2D eigenvalue weighted by Gasteiger charge is 2.28. The van der Waals surface area contributed by atoms with Crippen LogP contribution in [0.4, 0.5) is 11.4 Å². The maximum Gasteiger partial charge on any atom is 0.259 e. The maximum absolute atomic E-state index is 13.1. The molecule has 2 aliphatic heterocycles. The molecule has 1 unspecified atom stereocenters. The summed E-state index contributed by atoms with van der Waals surface area (Å²) in [5.41, 5.74) is 5.23. The van der Waals surface area contributed by atoms with E-state index in [0.29, 0.717) is 23.9 Å². The second-order valence-electron chi connectivity index (χ2n) is 8.61. The van der Waals surface area contributed by atoms with Gasteiger partial charge in [-0.1, -0.05) is 30.3 Å². The van der Waals surface area contributed by atoms with Crippen LogP contribution in [0.5, 0.6) is 0 Å². The number of hydrogen-bond donors (Lipinski definition) is 1. The Hall–Kier alpha value is -2.70. The van der Waals surface area contributed by atoms with E-state index in [1.54, 1.807) is 12.3 Å². The Morgan fingerprint density at radius 3 is 2.81 bits per heavy atom. The summed E-state index contributed by atoms with van der Waals surface area (Å²) in [6, 6.07) is 18.8. The number of carbonyl (C=O) groups is 1. The molecule has 0 aliphatic carbocycles. The average Bonchev–Trinajstić information content (AvgIpc) is 3.39. The van der Waals surface area contributed by atoms with Crippen molar-refractivity contribution in [3.63, 3.8) is 0 Å². The van der Waals surface area contributed by atoms with Crippen molar-refractivity contribution < 1.29 is 9.21 Å². The SMILES string of the molecule is CC1Cc2ccccc2N1Cc1occc1C(=O)Nc1cccc(CN2CCSCC2)c1. The third-order valence-electron chi connectivity index (χ3n) is 6.35. The first-order chi connectivity index (χ1) is 15.7. The van der Waals surface area contributed by atoms with Crippen LogP contribution in [-0.2, 0) is 19.5 Å². The molecule has 1 aromatic heterocycles. The van der Waals surface area contributed by atoms with Gasteiger partial charge in [-0.05, 0) is 48.7 Å². The molecule has 1 fully saturated rings. The topological polar surface area (TPSA) is 48.7 Å². The number of fused-ring (bicyclic) bond motifs is 1. The van der Waals surface area contributed by atoms with Gasteiger partial charge in [0.1, 0.15) is 5.76 Å². The normalized spacial score (nSPS) is 18.5. The number of thioether (sulfide) groups is 1. The van der Waals surface area contributed by atoms with Gasteiger partial charge in [-0.15, -0.1) is 0 Å². The maximum atomic E-state index is 13.1. The van der Waals surface area contributed by atoms with Gasteiger partial charge in [-0.3, -0.25) is 9.69 Å². The van der Waals surface area contributed by atoms with Crippen molar-refractivity contribution in [3.8, 4) is 0 Å². The van der Waals surface area contributed by atoms with Crippen molar-refractivity contribution in [1.29, 1.82) is 0 Å². The first kappa shape index (κ1) is 21.2. The van der Waals surface area contributed by atoms with E-state index >= 15 is 0 Å². The van der Waals surface area contributed by atoms with Crippen molar-refractivity contribution in [2.24, 2.45) is 0 Å². The smallest absolute Gasteiger partial charge is 0.259 e. The van der Waals surface area contributed by atoms with Crippen LogP contribution in [0.1, 0.15) is 34.2 Å². The molecule has 3 aromatic rings. The van der Waals surface area contributed by atoms with Crippen LogP contribution >= 0.6 is 11.8 Å². The first-order valence-electron chi connectivity index (χ1n) is 11.3. The molecule has 0 spiro atoms. The molecular formula is C26H29N3O2S. The number of carbonyl (C=O) groups excluding carboxylic acids is 1. The molecule has 0 bridgehead atoms. The van der Waals surface area contributed by atoms with Crippen molar-refractivity contribution in [2.45, 2.75) is 32.5 Å². The lowest BCUT2D eigenvalue weighted by molar-refractivity contribution is 0.102. The Morgan fingerprint density at radius 1 is 1.09 bits per heavy atom. The van der Waals surface area contributed by atoms with E-state index in [4.69, 9.17) is 4.42 Å². The Kier molecular flexibility index (Phi) is 6.23. The summed E-state index contributed by atoms with van der Waals surface area (Å²) in [4.78, 5) is 17.9. The zero-order chi connectivity index (χ0) is 21.9. The van der Waals surface area contributed by atoms with E-state index in [2.05, 4.69) is 58.4 Å². The van der Waals surface area contributed by atoms with Gasteiger partial charge >= 0.3 is 0 Å². The fourth-order valence-corrected chi connectivity index (χ4v) is 5.63. The third-order valence-corrected chi connectivity index (χ3v) is 7.29. The van der Waals surface area contributed by atoms with Crippen LogP contribution in [0.15, 0.2) is 65.3 Å². The molecule has 32 heavy (non-hydrogen) atoms. The summed E-state index contributed by atoms with van der Waals surface area (Å²) in [6.07, 6.45) is 2.63. The number of nitrogens with zero attached hydrogens (tertiary/aromatic N) is 2. The summed E-state index contributed by atoms with van der Waals surface area (Å²) in [6.45, 7) is 5.97. The number of rotatable bonds is 6. The zero-order valence-corrected chi connectivity index (χ0v) is 19.2. The minimum Gasteiger partial charge on any atom is -0.467 e. The van der Waals surface area contributed by atoms with Crippen molar-refractivity contribution in [3.05, 3.63) is 83.3 Å². The highest BCUT2D eigenvalue weighted by Crippen LogP contribution is 2.33. The third kappa shape index (κ3) is 4.57. The summed E-state index contributed by atoms with van der Waals surface area (Å²) in [5.74, 6) is 2.97. The number of nitrogens with one attached hydrogen (secondary N) is 1. The van der Waals surface area contributed by atoms with Crippen LogP contribution in [0.2, 0.25) is 0 Å². The molecule has 1 N–H and O–H groups in total. The predicted molar refractivity (Wildman–Crippen MR) is 131 cm³/mol. The molecule has 1 saturated heterocycles. The number of benzene rings is 2. The Morgan fingerprint density at radius 2 is 1.94 bits per heavy atom. The van der Waals surface area contributed by atoms with Crippen molar-refractivity contribution in [2.75, 3.05) is 34.8 Å². The van der Waals surface area contributed by atoms with Crippen LogP contribution in [0, 0.1) is 0 Å². The molecule has 5 nitrogen and oxygen atoms in total. The molecule has 2 aliphatic rings. The van der Waals surface area contributed by atoms with E-state index in [0.717, 1.165) is 31.7 Å². The standard InChI is InChI=1S/C26H29N3O2S/c1-19-15-21-6-2-3-8-24(21)29(19)18-25-23(9-12-31-25)26(30)27-22-7-4-5-20(16-22)17-28-10-13-32-14-11-28/h2-9,12,16,19H,10-11,13-15,17-18H2,1H3,(H,27,30). The quantitative estimate of drug-likeness (QED) is 0.574. The summed E-state index contributed by atoms with van der Waals surface area (Å²) >= 11 is 2.02. The number of hydrogen-bond acceptors (Lipinski definition) is 5. The van der Waals surface area contributed by atoms with E-state index in [1.807, 2.05) is 23.9 Å². The lowest BCUT2D eigenvalue weighted by Crippen LogP contribution is -2.31. The number of furan rings is 1. The second-order valence-corrected chi connectivity index (χ2v) is 9.83. The largest absolute Gasteiger partial charge is 0.467 e. The van der Waals surface area contributed by atoms with Gasteiger partial charge in [0.25, 0.3) is 5.91 Å².